The summed E-state index contributed by atoms with van der Waals surface area (Å²) in [5.74, 6) is 0. The van der Waals surface area contributed by atoms with E-state index in [-0.39, 0.29) is 0 Å². The summed E-state index contributed by atoms with van der Waals surface area (Å²) in [6.07, 6.45) is 2.36. The molecule has 1 heterocycles. The van der Waals surface area contributed by atoms with Gasteiger partial charge < -0.3 is 0 Å². The summed E-state index contributed by atoms with van der Waals surface area (Å²) in [6.45, 7) is 7.37. The second-order valence-electron chi connectivity index (χ2n) is 1.95. The zero-order chi connectivity index (χ0) is 6.69. The number of rotatable bonds is 1. The molecule has 0 aliphatic heterocycles. The smallest absolute Gasteiger partial charge is 0.0404 e. The van der Waals surface area contributed by atoms with E-state index in [1.54, 1.807) is 6.20 Å². The Morgan fingerprint density at radius 3 is 2.89 bits per heavy atom. The molecule has 0 bridgehead atoms. The minimum absolute atomic E-state index is 0.583. The van der Waals surface area contributed by atoms with Crippen LogP contribution in [-0.2, 0) is 6.42 Å². The van der Waals surface area contributed by atoms with Gasteiger partial charge in [-0.05, 0) is 31.9 Å². The first-order valence-corrected chi connectivity index (χ1v) is 2.95. The van der Waals surface area contributed by atoms with Crippen molar-refractivity contribution >= 4 is 0 Å². The third kappa shape index (κ3) is 1.28. The number of aryl methyl sites for hydroxylation is 1. The van der Waals surface area contributed by atoms with E-state index in [1.807, 2.05) is 19.1 Å². The van der Waals surface area contributed by atoms with Crippen molar-refractivity contribution in [1.82, 2.24) is 4.98 Å². The molecule has 0 aliphatic rings. The second-order valence-corrected chi connectivity index (χ2v) is 1.95. The van der Waals surface area contributed by atoms with Crippen molar-refractivity contribution in [2.45, 2.75) is 13.3 Å². The number of aromatic nitrogens is 1. The summed E-state index contributed by atoms with van der Waals surface area (Å²) in [4.78, 5) is 4.07. The van der Waals surface area contributed by atoms with E-state index in [9.17, 15) is 0 Å². The van der Waals surface area contributed by atoms with Gasteiger partial charge in [-0.15, -0.1) is 0 Å². The lowest BCUT2D eigenvalue weighted by Crippen LogP contribution is -1.87. The van der Waals surface area contributed by atoms with Crippen LogP contribution in [0.1, 0.15) is 11.3 Å². The minimum atomic E-state index is 0.583. The van der Waals surface area contributed by atoms with Gasteiger partial charge in [0.25, 0.3) is 0 Å². The number of nitrogens with zero attached hydrogens (tertiary/aromatic N) is 1. The van der Waals surface area contributed by atoms with Gasteiger partial charge in [0.15, 0.2) is 0 Å². The van der Waals surface area contributed by atoms with E-state index in [0.717, 1.165) is 11.3 Å². The van der Waals surface area contributed by atoms with Crippen LogP contribution in [0, 0.1) is 13.8 Å². The molecule has 0 aromatic carbocycles. The SMILES string of the molecule is [CH]Cc1cccnc1C. The topological polar surface area (TPSA) is 12.9 Å². The summed E-state index contributed by atoms with van der Waals surface area (Å²) < 4.78 is 0. The van der Waals surface area contributed by atoms with Crippen LogP contribution in [0.5, 0.6) is 0 Å². The molecular weight excluding hydrogens is 110 g/mol. The highest BCUT2D eigenvalue weighted by Crippen LogP contribution is 2.02. The molecule has 46 valence electrons. The van der Waals surface area contributed by atoms with Crippen molar-refractivity contribution in [2.75, 3.05) is 0 Å². The molecule has 0 saturated carbocycles. The van der Waals surface area contributed by atoms with E-state index in [2.05, 4.69) is 4.98 Å². The predicted molar refractivity (Wildman–Crippen MR) is 37.0 cm³/mol. The summed E-state index contributed by atoms with van der Waals surface area (Å²) in [6, 6.07) is 3.89. The van der Waals surface area contributed by atoms with E-state index in [4.69, 9.17) is 6.92 Å². The maximum Gasteiger partial charge on any atom is 0.0404 e. The molecule has 0 unspecified atom stereocenters. The molecule has 0 saturated heterocycles. The molecule has 0 fully saturated rings. The molecule has 9 heavy (non-hydrogen) atoms. The molecule has 2 radical (unpaired) electrons. The number of pyridine rings is 1. The zero-order valence-electron chi connectivity index (χ0n) is 5.46. The first kappa shape index (κ1) is 6.27. The Balaban J connectivity index is 3.01. The van der Waals surface area contributed by atoms with Crippen molar-refractivity contribution < 1.29 is 0 Å². The maximum absolute atomic E-state index is 5.41. The van der Waals surface area contributed by atoms with Gasteiger partial charge in [0, 0.05) is 11.9 Å². The second kappa shape index (κ2) is 2.62. The molecule has 1 rings (SSSR count). The van der Waals surface area contributed by atoms with Gasteiger partial charge in [-0.3, -0.25) is 4.98 Å². The van der Waals surface area contributed by atoms with Crippen LogP contribution in [0.4, 0.5) is 0 Å². The Labute approximate surface area is 55.7 Å². The van der Waals surface area contributed by atoms with Gasteiger partial charge in [-0.1, -0.05) is 6.07 Å². The van der Waals surface area contributed by atoms with Crippen LogP contribution < -0.4 is 0 Å². The van der Waals surface area contributed by atoms with Crippen LogP contribution in [-0.4, -0.2) is 4.98 Å². The third-order valence-corrected chi connectivity index (χ3v) is 1.34. The molecule has 0 amide bonds. The molecule has 1 heteroatoms. The van der Waals surface area contributed by atoms with E-state index in [1.165, 1.54) is 0 Å². The fraction of sp³-hybridized carbons (Fsp3) is 0.250. The van der Waals surface area contributed by atoms with Crippen molar-refractivity contribution in [1.29, 1.82) is 0 Å². The molecule has 0 N–H and O–H groups in total. The van der Waals surface area contributed by atoms with Gasteiger partial charge >= 0.3 is 0 Å². The lowest BCUT2D eigenvalue weighted by molar-refractivity contribution is 1.10. The first-order chi connectivity index (χ1) is 4.34. The van der Waals surface area contributed by atoms with Crippen LogP contribution >= 0.6 is 0 Å². The summed E-state index contributed by atoms with van der Waals surface area (Å²) in [7, 11) is 0. The predicted octanol–water partition coefficient (Wildman–Crippen LogP) is 1.64. The fourth-order valence-corrected chi connectivity index (χ4v) is 0.733. The van der Waals surface area contributed by atoms with E-state index < -0.39 is 0 Å². The van der Waals surface area contributed by atoms with Gasteiger partial charge in [0.05, 0.1) is 0 Å². The molecule has 1 aromatic heterocycles. The van der Waals surface area contributed by atoms with Gasteiger partial charge in [0.2, 0.25) is 0 Å². The zero-order valence-corrected chi connectivity index (χ0v) is 5.46. The maximum atomic E-state index is 5.41. The summed E-state index contributed by atoms with van der Waals surface area (Å²) in [5.41, 5.74) is 2.15. The molecule has 0 aliphatic carbocycles. The van der Waals surface area contributed by atoms with Crippen LogP contribution in [0.25, 0.3) is 0 Å². The summed E-state index contributed by atoms with van der Waals surface area (Å²) >= 11 is 0. The fourth-order valence-electron chi connectivity index (χ4n) is 0.733. The average molecular weight is 119 g/mol. The van der Waals surface area contributed by atoms with Gasteiger partial charge in [-0.25, -0.2) is 0 Å². The lowest BCUT2D eigenvalue weighted by atomic mass is 10.2. The standard InChI is InChI=1S/C8H9N/c1-3-8-5-4-6-9-7(8)2/h1,4-6H,3H2,2H3. The first-order valence-electron chi connectivity index (χ1n) is 2.95. The molecule has 0 atom stereocenters. The Bertz CT molecular complexity index is 194. The highest BCUT2D eigenvalue weighted by molar-refractivity contribution is 5.18. The van der Waals surface area contributed by atoms with Gasteiger partial charge in [-0.2, -0.15) is 0 Å². The minimum Gasteiger partial charge on any atom is -0.261 e. The molecule has 1 nitrogen and oxygen atoms in total. The Kier molecular flexibility index (Phi) is 1.83. The van der Waals surface area contributed by atoms with Gasteiger partial charge in [0.1, 0.15) is 0 Å². The normalized spacial score (nSPS) is 9.56. The molecule has 0 spiro atoms. The highest BCUT2D eigenvalue weighted by atomic mass is 14.7. The molecular formula is C8H9N. The van der Waals surface area contributed by atoms with Crippen molar-refractivity contribution in [3.8, 4) is 0 Å². The van der Waals surface area contributed by atoms with E-state index >= 15 is 0 Å². The van der Waals surface area contributed by atoms with Crippen molar-refractivity contribution in [3.63, 3.8) is 0 Å². The van der Waals surface area contributed by atoms with Crippen molar-refractivity contribution in [3.05, 3.63) is 36.5 Å². The highest BCUT2D eigenvalue weighted by Gasteiger charge is 1.91. The largest absolute Gasteiger partial charge is 0.261 e. The van der Waals surface area contributed by atoms with Crippen LogP contribution in [0.3, 0.4) is 0 Å². The van der Waals surface area contributed by atoms with E-state index in [0.29, 0.717) is 6.42 Å². The Morgan fingerprint density at radius 1 is 1.67 bits per heavy atom. The number of hydrogen-bond acceptors (Lipinski definition) is 1. The lowest BCUT2D eigenvalue weighted by Gasteiger charge is -1.97. The van der Waals surface area contributed by atoms with Crippen LogP contribution in [0.15, 0.2) is 18.3 Å². The van der Waals surface area contributed by atoms with Crippen molar-refractivity contribution in [2.24, 2.45) is 0 Å². The molecule has 1 aromatic rings. The number of hydrogen-bond donors (Lipinski definition) is 0. The Morgan fingerprint density at radius 2 is 2.44 bits per heavy atom. The summed E-state index contributed by atoms with van der Waals surface area (Å²) in [5, 5.41) is 0. The quantitative estimate of drug-likeness (QED) is 0.547. The average Bonchev–Trinajstić information content (AvgIpc) is 1.89. The monoisotopic (exact) mass is 119 g/mol. The third-order valence-electron chi connectivity index (χ3n) is 1.34. The van der Waals surface area contributed by atoms with Crippen LogP contribution in [0.2, 0.25) is 0 Å². The Hall–Kier alpha value is -0.850.